The first-order valence-electron chi connectivity index (χ1n) is 14.1. The Morgan fingerprint density at radius 2 is 1.02 bits per heavy atom. The molecule has 3 nitrogen and oxygen atoms in total. The van der Waals surface area contributed by atoms with Crippen molar-refractivity contribution in [3.8, 4) is 22.3 Å². The van der Waals surface area contributed by atoms with Crippen LogP contribution in [0.25, 0.3) is 43.3 Å². The van der Waals surface area contributed by atoms with Gasteiger partial charge in [-0.25, -0.2) is 0 Å². The van der Waals surface area contributed by atoms with Crippen LogP contribution in [0.3, 0.4) is 0 Å². The summed E-state index contributed by atoms with van der Waals surface area (Å²) in [5.74, 6) is 0. The van der Waals surface area contributed by atoms with Crippen LogP contribution in [-0.4, -0.2) is 17.2 Å². The lowest BCUT2D eigenvalue weighted by Crippen LogP contribution is -2.29. The normalized spacial score (nSPS) is 11.6. The van der Waals surface area contributed by atoms with Gasteiger partial charge in [0.05, 0.1) is 0 Å². The summed E-state index contributed by atoms with van der Waals surface area (Å²) in [4.78, 5) is 2.20. The number of anilines is 3. The number of fused-ring (bicyclic) bond motifs is 3. The summed E-state index contributed by atoms with van der Waals surface area (Å²) >= 11 is 0. The minimum absolute atomic E-state index is 0.416. The van der Waals surface area contributed by atoms with E-state index in [1.807, 2.05) is 18.2 Å². The highest BCUT2D eigenvalue weighted by atomic mass is 31.1. The molecule has 0 fully saturated rings. The van der Waals surface area contributed by atoms with Crippen molar-refractivity contribution < 1.29 is 10.0 Å². The fraction of sp³-hybridized carbons (Fsp3) is 0.0270. The van der Waals surface area contributed by atoms with E-state index < -0.39 is 14.7 Å². The first-order valence-corrected chi connectivity index (χ1v) is 15.9. The molecule has 0 bridgehead atoms. The monoisotopic (exact) mass is 561 g/mol. The number of benzene rings is 6. The third-order valence-electron chi connectivity index (χ3n) is 8.05. The minimum atomic E-state index is -1.50. The molecule has 7 aromatic rings. The number of hydrogen-bond acceptors (Lipinski definition) is 3. The first kappa shape index (κ1) is 26.3. The van der Waals surface area contributed by atoms with E-state index in [2.05, 4.69) is 127 Å². The Bertz CT molecular complexity index is 2000. The second-order valence-corrected chi connectivity index (χ2v) is 12.6. The molecule has 0 aliphatic carbocycles. The summed E-state index contributed by atoms with van der Waals surface area (Å²) in [6.07, 6.45) is 0. The van der Waals surface area contributed by atoms with Crippen molar-refractivity contribution >= 4 is 58.2 Å². The van der Waals surface area contributed by atoms with Gasteiger partial charge in [0.1, 0.15) is 0 Å². The third-order valence-corrected chi connectivity index (χ3v) is 10.3. The lowest BCUT2D eigenvalue weighted by Gasteiger charge is -2.26. The highest BCUT2D eigenvalue weighted by Crippen LogP contribution is 2.50. The van der Waals surface area contributed by atoms with Crippen molar-refractivity contribution in [3.05, 3.63) is 146 Å². The molecule has 7 rings (SSSR count). The van der Waals surface area contributed by atoms with Crippen molar-refractivity contribution in [1.82, 2.24) is 0 Å². The Kier molecular flexibility index (Phi) is 6.89. The lowest BCUT2D eigenvalue weighted by molar-refractivity contribution is 0.426. The minimum Gasteiger partial charge on any atom is -0.423 e. The number of nitrogens with zero attached hydrogens (tertiary/aromatic N) is 1. The van der Waals surface area contributed by atoms with Gasteiger partial charge in [-0.3, -0.25) is 0 Å². The van der Waals surface area contributed by atoms with Crippen LogP contribution in [0.15, 0.2) is 146 Å². The Morgan fingerprint density at radius 1 is 0.500 bits per heavy atom. The van der Waals surface area contributed by atoms with Crippen molar-refractivity contribution in [2.24, 2.45) is 6.66 Å². The van der Waals surface area contributed by atoms with E-state index >= 15 is 0 Å². The standard InChI is InChI=1S/C37H29BNO2P/c1-42-36-13-6-5-10-34(36)35-12-7-11-33(37(35)42)28-16-22-31(23-17-28)39(32-24-18-29(19-25-32)38(40)41)30-20-14-27(15-21-30)26-8-3-2-4-9-26/h2-25,40-41H,1H3. The van der Waals surface area contributed by atoms with E-state index in [1.54, 1.807) is 12.1 Å². The fourth-order valence-corrected chi connectivity index (χ4v) is 8.16. The topological polar surface area (TPSA) is 43.7 Å². The zero-order valence-electron chi connectivity index (χ0n) is 23.2. The summed E-state index contributed by atoms with van der Waals surface area (Å²) in [5, 5.41) is 24.9. The van der Waals surface area contributed by atoms with Gasteiger partial charge < -0.3 is 14.9 Å². The molecule has 5 heteroatoms. The Balaban J connectivity index is 1.31. The fourth-order valence-electron chi connectivity index (χ4n) is 5.94. The summed E-state index contributed by atoms with van der Waals surface area (Å²) in [5.41, 5.74) is 8.28. The summed E-state index contributed by atoms with van der Waals surface area (Å²) in [6.45, 7) is 2.37. The van der Waals surface area contributed by atoms with Crippen molar-refractivity contribution in [2.45, 2.75) is 0 Å². The van der Waals surface area contributed by atoms with Crippen molar-refractivity contribution in [2.75, 3.05) is 4.90 Å². The highest BCUT2D eigenvalue weighted by Gasteiger charge is 2.17. The molecule has 1 heterocycles. The highest BCUT2D eigenvalue weighted by molar-refractivity contribution is 7.60. The number of aryl methyl sites for hydroxylation is 1. The molecule has 0 aliphatic heterocycles. The molecule has 1 aromatic heterocycles. The van der Waals surface area contributed by atoms with Gasteiger partial charge in [0.2, 0.25) is 0 Å². The molecule has 6 aromatic carbocycles. The SMILES string of the molecule is Cp1c2ccccc2c2cccc(-c3ccc(N(c4ccc(B(O)O)cc4)c4ccc(-c5ccccc5)cc4)cc3)c21. The van der Waals surface area contributed by atoms with Crippen LogP contribution in [0, 0.1) is 0 Å². The predicted octanol–water partition coefficient (Wildman–Crippen LogP) is 9.00. The molecule has 0 saturated carbocycles. The Morgan fingerprint density at radius 3 is 1.67 bits per heavy atom. The van der Waals surface area contributed by atoms with Gasteiger partial charge in [0.25, 0.3) is 0 Å². The molecule has 0 saturated heterocycles. The predicted molar refractivity (Wildman–Crippen MR) is 181 cm³/mol. The van der Waals surface area contributed by atoms with Gasteiger partial charge in [-0.15, -0.1) is 7.53 Å². The molecule has 202 valence electrons. The number of hydrogen-bond donors (Lipinski definition) is 2. The molecule has 1 unspecified atom stereocenters. The summed E-state index contributed by atoms with van der Waals surface area (Å²) in [7, 11) is -1.92. The number of rotatable bonds is 6. The van der Waals surface area contributed by atoms with Gasteiger partial charge in [0, 0.05) is 27.3 Å². The van der Waals surface area contributed by atoms with Crippen LogP contribution in [0.5, 0.6) is 0 Å². The van der Waals surface area contributed by atoms with Crippen LogP contribution in [0.2, 0.25) is 0 Å². The molecular weight excluding hydrogens is 532 g/mol. The summed E-state index contributed by atoms with van der Waals surface area (Å²) in [6, 6.07) is 50.6. The molecule has 42 heavy (non-hydrogen) atoms. The smallest absolute Gasteiger partial charge is 0.423 e. The van der Waals surface area contributed by atoms with E-state index in [9.17, 15) is 10.0 Å². The maximum absolute atomic E-state index is 9.65. The second-order valence-electron chi connectivity index (χ2n) is 10.5. The quantitative estimate of drug-likeness (QED) is 0.199. The van der Waals surface area contributed by atoms with Gasteiger partial charge in [-0.1, -0.05) is 109 Å². The van der Waals surface area contributed by atoms with E-state index in [-0.39, 0.29) is 0 Å². The second kappa shape index (κ2) is 11.0. The van der Waals surface area contributed by atoms with E-state index in [0.717, 1.165) is 22.6 Å². The molecule has 0 aliphatic rings. The van der Waals surface area contributed by atoms with E-state index in [4.69, 9.17) is 0 Å². The Hall–Kier alpha value is -4.60. The maximum atomic E-state index is 9.65. The molecular formula is C37H29BNO2P. The molecule has 0 amide bonds. The van der Waals surface area contributed by atoms with Crippen LogP contribution in [0.4, 0.5) is 17.1 Å². The van der Waals surface area contributed by atoms with Crippen molar-refractivity contribution in [3.63, 3.8) is 0 Å². The molecule has 0 spiro atoms. The van der Waals surface area contributed by atoms with E-state index in [1.165, 1.54) is 37.7 Å². The van der Waals surface area contributed by atoms with Crippen molar-refractivity contribution in [1.29, 1.82) is 0 Å². The van der Waals surface area contributed by atoms with Crippen LogP contribution < -0.4 is 10.4 Å². The Labute approximate surface area is 247 Å². The average molecular weight is 561 g/mol. The van der Waals surface area contributed by atoms with Crippen LogP contribution >= 0.6 is 7.53 Å². The van der Waals surface area contributed by atoms with Crippen LogP contribution in [0.1, 0.15) is 0 Å². The van der Waals surface area contributed by atoms with E-state index in [0.29, 0.717) is 5.46 Å². The van der Waals surface area contributed by atoms with Crippen LogP contribution in [-0.2, 0) is 6.66 Å². The van der Waals surface area contributed by atoms with Gasteiger partial charge >= 0.3 is 7.12 Å². The zero-order chi connectivity index (χ0) is 28.6. The molecule has 1 atom stereocenters. The zero-order valence-corrected chi connectivity index (χ0v) is 24.1. The van der Waals surface area contributed by atoms with Gasteiger partial charge in [-0.05, 0) is 81.6 Å². The third kappa shape index (κ3) is 4.70. The molecule has 2 N–H and O–H groups in total. The van der Waals surface area contributed by atoms with Gasteiger partial charge in [-0.2, -0.15) is 0 Å². The first-order chi connectivity index (χ1) is 20.6. The average Bonchev–Trinajstić information content (AvgIpc) is 3.34. The summed E-state index contributed by atoms with van der Waals surface area (Å²) < 4.78 is 0. The van der Waals surface area contributed by atoms with Gasteiger partial charge in [0.15, 0.2) is 0 Å². The largest absolute Gasteiger partial charge is 0.488 e. The lowest BCUT2D eigenvalue weighted by atomic mass is 9.80. The molecule has 0 radical (unpaired) electrons. The maximum Gasteiger partial charge on any atom is 0.488 e.